The maximum absolute atomic E-state index is 13.3. The number of methoxy groups -OCH3 is 1. The first-order valence-corrected chi connectivity index (χ1v) is 11.9. The summed E-state index contributed by atoms with van der Waals surface area (Å²) in [5.41, 5.74) is 3.19. The zero-order valence-corrected chi connectivity index (χ0v) is 20.3. The highest BCUT2D eigenvalue weighted by atomic mass is 35.5. The summed E-state index contributed by atoms with van der Waals surface area (Å²) in [4.78, 5) is 28.3. The second-order valence-electron chi connectivity index (χ2n) is 9.29. The lowest BCUT2D eigenvalue weighted by Gasteiger charge is -2.31. The van der Waals surface area contributed by atoms with Gasteiger partial charge in [0.15, 0.2) is 0 Å². The van der Waals surface area contributed by atoms with Crippen molar-refractivity contribution in [3.05, 3.63) is 69.2 Å². The molecule has 1 N–H and O–H groups in total. The molecule has 4 rings (SSSR count). The molecule has 0 bridgehead atoms. The van der Waals surface area contributed by atoms with Crippen LogP contribution in [0.15, 0.2) is 42.0 Å². The van der Waals surface area contributed by atoms with E-state index in [-0.39, 0.29) is 23.1 Å². The molecular formula is C27H30ClNO4. The van der Waals surface area contributed by atoms with Crippen LogP contribution in [-0.2, 0) is 9.59 Å². The van der Waals surface area contributed by atoms with Crippen LogP contribution in [0.1, 0.15) is 73.7 Å². The molecule has 33 heavy (non-hydrogen) atoms. The SMILES string of the molecule is COc1c(Cl)cc(C)cc1/C(O)=C1\C(=O)C(=O)N(C2CCCC2)C1c1ccc(C(C)C)cc1. The van der Waals surface area contributed by atoms with Gasteiger partial charge in [-0.25, -0.2) is 0 Å². The minimum absolute atomic E-state index is 0.0236. The largest absolute Gasteiger partial charge is 0.507 e. The highest BCUT2D eigenvalue weighted by molar-refractivity contribution is 6.46. The second-order valence-corrected chi connectivity index (χ2v) is 9.70. The average Bonchev–Trinajstić information content (AvgIpc) is 3.40. The van der Waals surface area contributed by atoms with Crippen LogP contribution in [-0.4, -0.2) is 34.8 Å². The fourth-order valence-corrected chi connectivity index (χ4v) is 5.41. The summed E-state index contributed by atoms with van der Waals surface area (Å²) >= 11 is 6.36. The number of carbonyl (C=O) groups is 2. The highest BCUT2D eigenvalue weighted by Gasteiger charge is 2.49. The second kappa shape index (κ2) is 9.22. The summed E-state index contributed by atoms with van der Waals surface area (Å²) in [5, 5.41) is 11.8. The average molecular weight is 468 g/mol. The van der Waals surface area contributed by atoms with Gasteiger partial charge in [0.25, 0.3) is 11.7 Å². The van der Waals surface area contributed by atoms with Crippen LogP contribution >= 0.6 is 11.6 Å². The smallest absolute Gasteiger partial charge is 0.295 e. The third kappa shape index (κ3) is 4.15. The molecule has 1 atom stereocenters. The van der Waals surface area contributed by atoms with Gasteiger partial charge in [-0.2, -0.15) is 0 Å². The third-order valence-electron chi connectivity index (χ3n) is 6.76. The Morgan fingerprint density at radius 2 is 1.76 bits per heavy atom. The van der Waals surface area contributed by atoms with E-state index in [1.807, 2.05) is 31.2 Å². The topological polar surface area (TPSA) is 66.8 Å². The number of aliphatic hydroxyl groups is 1. The van der Waals surface area contributed by atoms with Gasteiger partial charge < -0.3 is 14.7 Å². The Morgan fingerprint density at radius 1 is 1.12 bits per heavy atom. The van der Waals surface area contributed by atoms with Crippen molar-refractivity contribution in [2.24, 2.45) is 0 Å². The fraction of sp³-hybridized carbons (Fsp3) is 0.407. The van der Waals surface area contributed by atoms with Gasteiger partial charge in [0, 0.05) is 6.04 Å². The Bertz CT molecular complexity index is 1110. The molecule has 1 amide bonds. The van der Waals surface area contributed by atoms with Crippen LogP contribution in [0.2, 0.25) is 5.02 Å². The van der Waals surface area contributed by atoms with E-state index >= 15 is 0 Å². The van der Waals surface area contributed by atoms with Crippen LogP contribution in [0, 0.1) is 6.92 Å². The Balaban J connectivity index is 1.93. The van der Waals surface area contributed by atoms with Crippen molar-refractivity contribution in [3.8, 4) is 5.75 Å². The lowest BCUT2D eigenvalue weighted by molar-refractivity contribution is -0.141. The molecule has 1 aliphatic heterocycles. The van der Waals surface area contributed by atoms with Crippen molar-refractivity contribution >= 4 is 29.1 Å². The van der Waals surface area contributed by atoms with E-state index < -0.39 is 17.7 Å². The van der Waals surface area contributed by atoms with Crippen molar-refractivity contribution in [2.45, 2.75) is 64.5 Å². The van der Waals surface area contributed by atoms with E-state index in [0.29, 0.717) is 16.5 Å². The number of amides is 1. The Hall–Kier alpha value is -2.79. The molecule has 1 heterocycles. The van der Waals surface area contributed by atoms with E-state index in [9.17, 15) is 14.7 Å². The summed E-state index contributed by atoms with van der Waals surface area (Å²) in [5.74, 6) is -0.843. The normalized spacial score (nSPS) is 20.8. The van der Waals surface area contributed by atoms with Gasteiger partial charge in [0.1, 0.15) is 11.5 Å². The molecule has 1 saturated carbocycles. The number of likely N-dealkylation sites (tertiary alicyclic amines) is 1. The molecule has 2 aromatic carbocycles. The standard InChI is InChI=1S/C27H30ClNO4/c1-15(2)17-9-11-18(12-10-17)23-22(25(31)27(32)29(23)19-7-5-6-8-19)24(30)20-13-16(3)14-21(28)26(20)33-4/h9-15,19,23,30H,5-8H2,1-4H3/b24-22+. The number of Topliss-reactive ketones (excluding diaryl/α,β-unsaturated/α-hetero) is 1. The first kappa shape index (κ1) is 23.4. The number of halogens is 1. The molecule has 2 aliphatic rings. The quantitative estimate of drug-likeness (QED) is 0.325. The minimum atomic E-state index is -0.669. The lowest BCUT2D eigenvalue weighted by atomic mass is 9.92. The number of rotatable bonds is 5. The number of aryl methyl sites for hydroxylation is 1. The highest BCUT2D eigenvalue weighted by Crippen LogP contribution is 2.45. The number of hydrogen-bond acceptors (Lipinski definition) is 4. The van der Waals surface area contributed by atoms with Crippen molar-refractivity contribution < 1.29 is 19.4 Å². The summed E-state index contributed by atoms with van der Waals surface area (Å²) in [6, 6.07) is 10.8. The van der Waals surface area contributed by atoms with Crippen LogP contribution < -0.4 is 4.74 Å². The molecule has 1 saturated heterocycles. The van der Waals surface area contributed by atoms with Crippen molar-refractivity contribution in [1.29, 1.82) is 0 Å². The Morgan fingerprint density at radius 3 is 2.33 bits per heavy atom. The zero-order valence-electron chi connectivity index (χ0n) is 19.5. The van der Waals surface area contributed by atoms with Gasteiger partial charge in [-0.3, -0.25) is 9.59 Å². The molecule has 0 spiro atoms. The first-order chi connectivity index (χ1) is 15.7. The third-order valence-corrected chi connectivity index (χ3v) is 7.05. The molecule has 174 valence electrons. The van der Waals surface area contributed by atoms with Crippen molar-refractivity contribution in [3.63, 3.8) is 0 Å². The minimum Gasteiger partial charge on any atom is -0.507 e. The predicted octanol–water partition coefficient (Wildman–Crippen LogP) is 6.14. The first-order valence-electron chi connectivity index (χ1n) is 11.5. The van der Waals surface area contributed by atoms with Gasteiger partial charge in [0.2, 0.25) is 0 Å². The molecule has 2 aromatic rings. The summed E-state index contributed by atoms with van der Waals surface area (Å²) in [6.07, 6.45) is 3.75. The van der Waals surface area contributed by atoms with E-state index in [4.69, 9.17) is 16.3 Å². The van der Waals surface area contributed by atoms with E-state index in [1.54, 1.807) is 17.0 Å². The molecule has 2 fully saturated rings. The summed E-state index contributed by atoms with van der Waals surface area (Å²) in [6.45, 7) is 6.09. The lowest BCUT2D eigenvalue weighted by Crippen LogP contribution is -2.37. The van der Waals surface area contributed by atoms with Gasteiger partial charge in [-0.05, 0) is 54.5 Å². The van der Waals surface area contributed by atoms with E-state index in [1.165, 1.54) is 12.7 Å². The Kier molecular flexibility index (Phi) is 6.53. The van der Waals surface area contributed by atoms with Crippen molar-refractivity contribution in [1.82, 2.24) is 4.90 Å². The molecule has 6 heteroatoms. The van der Waals surface area contributed by atoms with Crippen molar-refractivity contribution in [2.75, 3.05) is 7.11 Å². The number of aliphatic hydroxyl groups excluding tert-OH is 1. The number of nitrogens with zero attached hydrogens (tertiary/aromatic N) is 1. The van der Waals surface area contributed by atoms with Gasteiger partial charge >= 0.3 is 0 Å². The molecule has 5 nitrogen and oxygen atoms in total. The number of benzene rings is 2. The van der Waals surface area contributed by atoms with Crippen LogP contribution in [0.25, 0.3) is 5.76 Å². The van der Waals surface area contributed by atoms with E-state index in [0.717, 1.165) is 36.8 Å². The maximum Gasteiger partial charge on any atom is 0.295 e. The summed E-state index contributed by atoms with van der Waals surface area (Å²) < 4.78 is 5.45. The van der Waals surface area contributed by atoms with Gasteiger partial charge in [0.05, 0.1) is 29.3 Å². The fourth-order valence-electron chi connectivity index (χ4n) is 5.06. The summed E-state index contributed by atoms with van der Waals surface area (Å²) in [7, 11) is 1.46. The van der Waals surface area contributed by atoms with Crippen LogP contribution in [0.5, 0.6) is 5.75 Å². The number of ketones is 1. The molecule has 0 aromatic heterocycles. The van der Waals surface area contributed by atoms with Gasteiger partial charge in [-0.1, -0.05) is 62.6 Å². The maximum atomic E-state index is 13.3. The molecule has 0 radical (unpaired) electrons. The Labute approximate surface area is 200 Å². The predicted molar refractivity (Wildman–Crippen MR) is 130 cm³/mol. The number of carbonyl (C=O) groups excluding carboxylic acids is 2. The van der Waals surface area contributed by atoms with Crippen LogP contribution in [0.3, 0.4) is 0 Å². The van der Waals surface area contributed by atoms with Crippen LogP contribution in [0.4, 0.5) is 0 Å². The molecule has 1 aliphatic carbocycles. The van der Waals surface area contributed by atoms with Gasteiger partial charge in [-0.15, -0.1) is 0 Å². The molecular weight excluding hydrogens is 438 g/mol. The molecule has 1 unspecified atom stereocenters. The zero-order chi connectivity index (χ0) is 23.9. The monoisotopic (exact) mass is 467 g/mol. The number of hydrogen-bond donors (Lipinski definition) is 1. The van der Waals surface area contributed by atoms with E-state index in [2.05, 4.69) is 13.8 Å². The number of ether oxygens (including phenoxy) is 1.